The summed E-state index contributed by atoms with van der Waals surface area (Å²) in [6.07, 6.45) is 3.69. The Bertz CT molecular complexity index is 202. The molecule has 0 aromatic carbocycles. The first-order chi connectivity index (χ1) is 6.14. The van der Waals surface area contributed by atoms with Gasteiger partial charge in [0.15, 0.2) is 0 Å². The van der Waals surface area contributed by atoms with Gasteiger partial charge >= 0.3 is 0 Å². The molecule has 0 aromatic rings. The predicted molar refractivity (Wildman–Crippen MR) is 53.6 cm³/mol. The molecular weight excluding hydrogens is 162 g/mol. The van der Waals surface area contributed by atoms with E-state index < -0.39 is 0 Å². The van der Waals surface area contributed by atoms with Crippen molar-refractivity contribution in [3.05, 3.63) is 0 Å². The van der Waals surface area contributed by atoms with Crippen molar-refractivity contribution in [3.8, 4) is 0 Å². The summed E-state index contributed by atoms with van der Waals surface area (Å²) in [5.41, 5.74) is 0.310. The van der Waals surface area contributed by atoms with Crippen LogP contribution < -0.4 is 0 Å². The SMILES string of the molecule is CCC1CC2(CO)CC2N1C(C)C. The third-order valence-corrected chi connectivity index (χ3v) is 3.95. The van der Waals surface area contributed by atoms with Gasteiger partial charge in [0, 0.05) is 23.5 Å². The minimum atomic E-state index is 0.310. The molecule has 2 rings (SSSR count). The fourth-order valence-electron chi connectivity index (χ4n) is 3.17. The Labute approximate surface area is 80.9 Å². The number of fused-ring (bicyclic) bond motifs is 1. The molecule has 1 saturated carbocycles. The Balaban J connectivity index is 2.10. The summed E-state index contributed by atoms with van der Waals surface area (Å²) < 4.78 is 0. The highest BCUT2D eigenvalue weighted by Gasteiger charge is 2.63. The van der Waals surface area contributed by atoms with E-state index in [1.165, 1.54) is 19.3 Å². The van der Waals surface area contributed by atoms with Gasteiger partial charge in [-0.3, -0.25) is 4.90 Å². The van der Waals surface area contributed by atoms with E-state index >= 15 is 0 Å². The van der Waals surface area contributed by atoms with E-state index in [1.54, 1.807) is 0 Å². The van der Waals surface area contributed by atoms with Crippen molar-refractivity contribution in [3.63, 3.8) is 0 Å². The highest BCUT2D eigenvalue weighted by molar-refractivity contribution is 5.17. The van der Waals surface area contributed by atoms with Crippen molar-refractivity contribution in [2.24, 2.45) is 5.41 Å². The van der Waals surface area contributed by atoms with Crippen molar-refractivity contribution in [1.82, 2.24) is 4.90 Å². The van der Waals surface area contributed by atoms with E-state index in [2.05, 4.69) is 25.7 Å². The van der Waals surface area contributed by atoms with Gasteiger partial charge in [0.2, 0.25) is 0 Å². The number of aliphatic hydroxyl groups is 1. The second-order valence-electron chi connectivity index (χ2n) is 5.05. The number of piperidine rings is 1. The summed E-state index contributed by atoms with van der Waals surface area (Å²) in [6.45, 7) is 7.20. The maximum Gasteiger partial charge on any atom is 0.0503 e. The Kier molecular flexibility index (Phi) is 2.16. The van der Waals surface area contributed by atoms with Crippen LogP contribution in [0.5, 0.6) is 0 Å². The lowest BCUT2D eigenvalue weighted by Gasteiger charge is -2.30. The largest absolute Gasteiger partial charge is 0.396 e. The standard InChI is InChI=1S/C11H21NO/c1-4-9-5-11(7-13)6-10(11)12(9)8(2)3/h8-10,13H,4-7H2,1-3H3. The first-order valence-electron chi connectivity index (χ1n) is 5.53. The molecular formula is C11H21NO. The zero-order chi connectivity index (χ0) is 9.64. The second kappa shape index (κ2) is 2.96. The quantitative estimate of drug-likeness (QED) is 0.719. The van der Waals surface area contributed by atoms with Gasteiger partial charge in [-0.1, -0.05) is 6.92 Å². The van der Waals surface area contributed by atoms with E-state index in [4.69, 9.17) is 0 Å². The molecule has 2 aliphatic rings. The van der Waals surface area contributed by atoms with Crippen LogP contribution in [0, 0.1) is 5.41 Å². The van der Waals surface area contributed by atoms with Gasteiger partial charge in [0.25, 0.3) is 0 Å². The summed E-state index contributed by atoms with van der Waals surface area (Å²) in [7, 11) is 0. The van der Waals surface area contributed by atoms with E-state index in [0.717, 1.165) is 6.04 Å². The molecule has 2 fully saturated rings. The highest BCUT2D eigenvalue weighted by Crippen LogP contribution is 2.60. The lowest BCUT2D eigenvalue weighted by molar-refractivity contribution is 0.167. The lowest BCUT2D eigenvalue weighted by Crippen LogP contribution is -2.38. The first kappa shape index (κ1) is 9.47. The third kappa shape index (κ3) is 1.23. The fourth-order valence-corrected chi connectivity index (χ4v) is 3.17. The molecule has 2 nitrogen and oxygen atoms in total. The topological polar surface area (TPSA) is 23.5 Å². The number of aliphatic hydroxyl groups excluding tert-OH is 1. The van der Waals surface area contributed by atoms with Crippen molar-refractivity contribution < 1.29 is 5.11 Å². The number of rotatable bonds is 3. The molecule has 0 radical (unpaired) electrons. The van der Waals surface area contributed by atoms with E-state index in [0.29, 0.717) is 24.1 Å². The molecule has 1 N–H and O–H groups in total. The zero-order valence-corrected chi connectivity index (χ0v) is 8.95. The first-order valence-corrected chi connectivity index (χ1v) is 5.53. The Morgan fingerprint density at radius 1 is 1.46 bits per heavy atom. The Hall–Kier alpha value is -0.0800. The molecule has 0 amide bonds. The van der Waals surface area contributed by atoms with E-state index in [1.807, 2.05) is 0 Å². The third-order valence-electron chi connectivity index (χ3n) is 3.95. The van der Waals surface area contributed by atoms with Crippen LogP contribution in [0.25, 0.3) is 0 Å². The zero-order valence-electron chi connectivity index (χ0n) is 8.95. The monoisotopic (exact) mass is 183 g/mol. The van der Waals surface area contributed by atoms with Crippen LogP contribution in [0.2, 0.25) is 0 Å². The smallest absolute Gasteiger partial charge is 0.0503 e. The van der Waals surface area contributed by atoms with Crippen molar-refractivity contribution in [2.75, 3.05) is 6.61 Å². The minimum Gasteiger partial charge on any atom is -0.396 e. The summed E-state index contributed by atoms with van der Waals surface area (Å²) in [6, 6.07) is 2.07. The van der Waals surface area contributed by atoms with E-state index in [9.17, 15) is 5.11 Å². The highest BCUT2D eigenvalue weighted by atomic mass is 16.3. The van der Waals surface area contributed by atoms with Crippen molar-refractivity contribution in [2.45, 2.75) is 58.2 Å². The van der Waals surface area contributed by atoms with Gasteiger partial charge in [-0.25, -0.2) is 0 Å². The maximum atomic E-state index is 9.35. The average Bonchev–Trinajstić information content (AvgIpc) is 2.72. The van der Waals surface area contributed by atoms with Crippen LogP contribution in [0.3, 0.4) is 0 Å². The minimum absolute atomic E-state index is 0.310. The summed E-state index contributed by atoms with van der Waals surface area (Å²) in [4.78, 5) is 2.62. The Morgan fingerprint density at radius 3 is 2.54 bits per heavy atom. The molecule has 0 spiro atoms. The normalized spacial score (nSPS) is 44.1. The number of hydrogen-bond acceptors (Lipinski definition) is 2. The molecule has 1 heterocycles. The fraction of sp³-hybridized carbons (Fsp3) is 1.00. The molecule has 3 atom stereocenters. The average molecular weight is 183 g/mol. The molecule has 0 aromatic heterocycles. The van der Waals surface area contributed by atoms with Crippen molar-refractivity contribution >= 4 is 0 Å². The number of likely N-dealkylation sites (tertiary alicyclic amines) is 1. The molecule has 1 aliphatic heterocycles. The van der Waals surface area contributed by atoms with Gasteiger partial charge in [0.1, 0.15) is 0 Å². The molecule has 0 bridgehead atoms. The molecule has 13 heavy (non-hydrogen) atoms. The summed E-state index contributed by atoms with van der Waals surface area (Å²) >= 11 is 0. The molecule has 1 aliphatic carbocycles. The molecule has 3 unspecified atom stereocenters. The van der Waals surface area contributed by atoms with Crippen LogP contribution in [0.1, 0.15) is 40.0 Å². The summed E-state index contributed by atoms with van der Waals surface area (Å²) in [5, 5.41) is 9.35. The van der Waals surface area contributed by atoms with Gasteiger partial charge in [-0.15, -0.1) is 0 Å². The van der Waals surface area contributed by atoms with Crippen LogP contribution in [-0.2, 0) is 0 Å². The molecule has 1 saturated heterocycles. The number of nitrogens with zero attached hydrogens (tertiary/aromatic N) is 1. The summed E-state index contributed by atoms with van der Waals surface area (Å²) in [5.74, 6) is 0. The predicted octanol–water partition coefficient (Wildman–Crippen LogP) is 1.63. The number of hydrogen-bond donors (Lipinski definition) is 1. The van der Waals surface area contributed by atoms with Gasteiger partial charge in [0.05, 0.1) is 6.61 Å². The Morgan fingerprint density at radius 2 is 2.15 bits per heavy atom. The van der Waals surface area contributed by atoms with Gasteiger partial charge in [-0.2, -0.15) is 0 Å². The molecule has 2 heteroatoms. The lowest BCUT2D eigenvalue weighted by atomic mass is 9.99. The van der Waals surface area contributed by atoms with Crippen LogP contribution in [0.4, 0.5) is 0 Å². The van der Waals surface area contributed by atoms with Crippen LogP contribution in [-0.4, -0.2) is 34.7 Å². The van der Waals surface area contributed by atoms with Gasteiger partial charge < -0.3 is 5.11 Å². The molecule has 76 valence electrons. The van der Waals surface area contributed by atoms with E-state index in [-0.39, 0.29) is 0 Å². The van der Waals surface area contributed by atoms with Crippen molar-refractivity contribution in [1.29, 1.82) is 0 Å². The second-order valence-corrected chi connectivity index (χ2v) is 5.05. The van der Waals surface area contributed by atoms with Crippen LogP contribution in [0.15, 0.2) is 0 Å². The van der Waals surface area contributed by atoms with Crippen LogP contribution >= 0.6 is 0 Å². The maximum absolute atomic E-state index is 9.35. The van der Waals surface area contributed by atoms with Gasteiger partial charge in [-0.05, 0) is 33.1 Å².